The molecule has 0 bridgehead atoms. The van der Waals surface area contributed by atoms with Crippen molar-refractivity contribution >= 4 is 15.9 Å². The third kappa shape index (κ3) is 4.24. The molecule has 0 aliphatic heterocycles. The quantitative estimate of drug-likeness (QED) is 0.874. The van der Waals surface area contributed by atoms with Gasteiger partial charge < -0.3 is 5.32 Å². The van der Waals surface area contributed by atoms with Crippen molar-refractivity contribution in [2.24, 2.45) is 5.14 Å². The summed E-state index contributed by atoms with van der Waals surface area (Å²) in [6.45, 7) is 0. The Morgan fingerprint density at radius 2 is 1.92 bits per heavy atom. The minimum absolute atomic E-state index is 0.00772. The fraction of sp³-hybridized carbons (Fsp3) is 0.278. The van der Waals surface area contributed by atoms with Crippen LogP contribution in [0.5, 0.6) is 0 Å². The van der Waals surface area contributed by atoms with E-state index in [1.807, 2.05) is 0 Å². The van der Waals surface area contributed by atoms with Crippen LogP contribution in [-0.2, 0) is 27.7 Å². The normalized spacial score (nSPS) is 17.0. The van der Waals surface area contributed by atoms with Gasteiger partial charge in [0.05, 0.1) is 17.4 Å². The number of aryl methyl sites for hydroxylation is 1. The molecule has 3 rings (SSSR count). The number of hydrogen-bond donors (Lipinski definition) is 2. The van der Waals surface area contributed by atoms with Crippen molar-refractivity contribution in [3.63, 3.8) is 0 Å². The van der Waals surface area contributed by atoms with E-state index >= 15 is 0 Å². The molecule has 3 N–H and O–H groups in total. The first-order chi connectivity index (χ1) is 11.8. The largest absolute Gasteiger partial charge is 0.349 e. The van der Waals surface area contributed by atoms with Crippen molar-refractivity contribution in [1.82, 2.24) is 5.32 Å². The van der Waals surface area contributed by atoms with Crippen LogP contribution in [0.1, 0.15) is 35.6 Å². The van der Waals surface area contributed by atoms with Gasteiger partial charge in [0, 0.05) is 0 Å². The summed E-state index contributed by atoms with van der Waals surface area (Å²) in [5, 5.41) is 8.00. The van der Waals surface area contributed by atoms with Gasteiger partial charge in [-0.05, 0) is 60.2 Å². The smallest absolute Gasteiger partial charge is 0.238 e. The van der Waals surface area contributed by atoms with Crippen LogP contribution in [0.25, 0.3) is 0 Å². The third-order valence-electron chi connectivity index (χ3n) is 4.37. The predicted molar refractivity (Wildman–Crippen MR) is 91.7 cm³/mol. The highest BCUT2D eigenvalue weighted by atomic mass is 32.2. The van der Waals surface area contributed by atoms with E-state index in [1.165, 1.54) is 24.3 Å². The molecule has 2 aromatic carbocycles. The number of amides is 1. The highest BCUT2D eigenvalue weighted by Gasteiger charge is 2.22. The molecule has 0 saturated heterocycles. The second-order valence-corrected chi connectivity index (χ2v) is 7.78. The lowest BCUT2D eigenvalue weighted by atomic mass is 9.87. The van der Waals surface area contributed by atoms with Crippen LogP contribution < -0.4 is 10.5 Å². The summed E-state index contributed by atoms with van der Waals surface area (Å²) in [6.07, 6.45) is 2.71. The van der Waals surface area contributed by atoms with Crippen molar-refractivity contribution in [3.8, 4) is 0 Å². The number of nitrogens with two attached hydrogens (primary N) is 1. The monoisotopic (exact) mass is 362 g/mol. The Labute approximate surface area is 146 Å². The summed E-state index contributed by atoms with van der Waals surface area (Å²) in [6, 6.07) is 10.4. The molecule has 0 aromatic heterocycles. The molecule has 0 radical (unpaired) electrons. The molecule has 0 spiro atoms. The fourth-order valence-electron chi connectivity index (χ4n) is 3.15. The van der Waals surface area contributed by atoms with Gasteiger partial charge in [0.2, 0.25) is 15.9 Å². The number of primary sulfonamides is 1. The van der Waals surface area contributed by atoms with E-state index < -0.39 is 10.0 Å². The molecule has 0 fully saturated rings. The Morgan fingerprint density at radius 1 is 1.20 bits per heavy atom. The van der Waals surface area contributed by atoms with Crippen LogP contribution >= 0.6 is 0 Å². The average Bonchev–Trinajstić information content (AvgIpc) is 2.55. The van der Waals surface area contributed by atoms with Crippen LogP contribution in [0.4, 0.5) is 4.39 Å². The maximum atomic E-state index is 13.5. The SMILES string of the molecule is NS(=O)(=O)c1ccc(CC(=O)N[C@@H]2CCCc3ccc(F)cc32)cc1. The van der Waals surface area contributed by atoms with Gasteiger partial charge >= 0.3 is 0 Å². The van der Waals surface area contributed by atoms with Gasteiger partial charge in [0.1, 0.15) is 5.82 Å². The Balaban J connectivity index is 1.69. The van der Waals surface area contributed by atoms with Crippen molar-refractivity contribution in [2.75, 3.05) is 0 Å². The molecule has 1 atom stereocenters. The highest BCUT2D eigenvalue weighted by molar-refractivity contribution is 7.89. The number of benzene rings is 2. The molecule has 5 nitrogen and oxygen atoms in total. The first-order valence-corrected chi connectivity index (χ1v) is 9.57. The van der Waals surface area contributed by atoms with Crippen LogP contribution in [0.15, 0.2) is 47.4 Å². The molecule has 0 saturated carbocycles. The number of halogens is 1. The average molecular weight is 362 g/mol. The predicted octanol–water partition coefficient (Wildman–Crippen LogP) is 2.21. The van der Waals surface area contributed by atoms with E-state index in [0.717, 1.165) is 30.4 Å². The zero-order valence-corrected chi connectivity index (χ0v) is 14.4. The molecule has 132 valence electrons. The zero-order chi connectivity index (χ0) is 18.0. The standard InChI is InChI=1S/C18H19FN2O3S/c19-14-7-6-13-2-1-3-17(16(13)11-14)21-18(22)10-12-4-8-15(9-5-12)25(20,23)24/h4-9,11,17H,1-3,10H2,(H,21,22)(H2,20,23,24)/t17-/m1/s1. The van der Waals surface area contributed by atoms with Crippen molar-refractivity contribution < 1.29 is 17.6 Å². The van der Waals surface area contributed by atoms with Gasteiger partial charge in [-0.2, -0.15) is 0 Å². The summed E-state index contributed by atoms with van der Waals surface area (Å²) in [4.78, 5) is 12.3. The molecule has 0 heterocycles. The summed E-state index contributed by atoms with van der Waals surface area (Å²) in [5.74, 6) is -0.496. The Kier molecular flexibility index (Phi) is 4.87. The van der Waals surface area contributed by atoms with Gasteiger partial charge in [0.15, 0.2) is 0 Å². The van der Waals surface area contributed by atoms with E-state index in [-0.39, 0.29) is 29.1 Å². The van der Waals surface area contributed by atoms with Gasteiger partial charge in [-0.25, -0.2) is 17.9 Å². The second-order valence-electron chi connectivity index (χ2n) is 6.22. The topological polar surface area (TPSA) is 89.3 Å². The number of fused-ring (bicyclic) bond motifs is 1. The number of carbonyl (C=O) groups excluding carboxylic acids is 1. The van der Waals surface area contributed by atoms with Crippen LogP contribution in [0, 0.1) is 5.82 Å². The van der Waals surface area contributed by atoms with Gasteiger partial charge in [-0.3, -0.25) is 4.79 Å². The summed E-state index contributed by atoms with van der Waals surface area (Å²) < 4.78 is 36.0. The lowest BCUT2D eigenvalue weighted by Crippen LogP contribution is -2.32. The first-order valence-electron chi connectivity index (χ1n) is 8.02. The lowest BCUT2D eigenvalue weighted by Gasteiger charge is -2.26. The van der Waals surface area contributed by atoms with Gasteiger partial charge in [-0.15, -0.1) is 0 Å². The molecule has 0 unspecified atom stereocenters. The number of sulfonamides is 1. The number of hydrogen-bond acceptors (Lipinski definition) is 3. The minimum Gasteiger partial charge on any atom is -0.349 e. The lowest BCUT2D eigenvalue weighted by molar-refractivity contribution is -0.121. The minimum atomic E-state index is -3.74. The Bertz CT molecular complexity index is 895. The van der Waals surface area contributed by atoms with E-state index in [2.05, 4.69) is 5.32 Å². The number of carbonyl (C=O) groups is 1. The van der Waals surface area contributed by atoms with E-state index in [9.17, 15) is 17.6 Å². The molecular formula is C18H19FN2O3S. The van der Waals surface area contributed by atoms with E-state index in [0.29, 0.717) is 5.56 Å². The van der Waals surface area contributed by atoms with E-state index in [4.69, 9.17) is 5.14 Å². The molecule has 2 aromatic rings. The number of rotatable bonds is 4. The fourth-order valence-corrected chi connectivity index (χ4v) is 3.66. The van der Waals surface area contributed by atoms with Crippen LogP contribution in [-0.4, -0.2) is 14.3 Å². The zero-order valence-electron chi connectivity index (χ0n) is 13.5. The Morgan fingerprint density at radius 3 is 2.60 bits per heavy atom. The van der Waals surface area contributed by atoms with Crippen molar-refractivity contribution in [3.05, 3.63) is 65.0 Å². The molecule has 25 heavy (non-hydrogen) atoms. The molecule has 1 amide bonds. The van der Waals surface area contributed by atoms with Crippen molar-refractivity contribution in [1.29, 1.82) is 0 Å². The maximum absolute atomic E-state index is 13.5. The molecular weight excluding hydrogens is 343 g/mol. The summed E-state index contributed by atoms with van der Waals surface area (Å²) in [7, 11) is -3.74. The van der Waals surface area contributed by atoms with Crippen LogP contribution in [0.2, 0.25) is 0 Å². The molecule has 7 heteroatoms. The summed E-state index contributed by atoms with van der Waals surface area (Å²) >= 11 is 0. The van der Waals surface area contributed by atoms with Crippen molar-refractivity contribution in [2.45, 2.75) is 36.6 Å². The molecule has 1 aliphatic rings. The van der Waals surface area contributed by atoms with Gasteiger partial charge in [0.25, 0.3) is 0 Å². The highest BCUT2D eigenvalue weighted by Crippen LogP contribution is 2.30. The second kappa shape index (κ2) is 6.93. The van der Waals surface area contributed by atoms with E-state index in [1.54, 1.807) is 18.2 Å². The molecule has 1 aliphatic carbocycles. The number of nitrogens with one attached hydrogen (secondary N) is 1. The third-order valence-corrected chi connectivity index (χ3v) is 5.30. The van der Waals surface area contributed by atoms with Crippen LogP contribution in [0.3, 0.4) is 0 Å². The van der Waals surface area contributed by atoms with Gasteiger partial charge in [-0.1, -0.05) is 18.2 Å². The Hall–Kier alpha value is -2.25. The summed E-state index contributed by atoms with van der Waals surface area (Å²) in [5.41, 5.74) is 2.58. The maximum Gasteiger partial charge on any atom is 0.238 e. The first kappa shape index (κ1) is 17.6.